The highest BCUT2D eigenvalue weighted by molar-refractivity contribution is 8.00. The number of methoxy groups -OCH3 is 1. The zero-order valence-electron chi connectivity index (χ0n) is 16.0. The molecule has 8 nitrogen and oxygen atoms in total. The van der Waals surface area contributed by atoms with E-state index in [0.717, 1.165) is 22.3 Å². The molecule has 1 amide bonds. The van der Waals surface area contributed by atoms with E-state index >= 15 is 0 Å². The van der Waals surface area contributed by atoms with Gasteiger partial charge in [0.2, 0.25) is 5.91 Å². The molecule has 0 saturated carbocycles. The van der Waals surface area contributed by atoms with Crippen molar-refractivity contribution in [2.75, 3.05) is 12.9 Å². The lowest BCUT2D eigenvalue weighted by atomic mass is 10.2. The first-order chi connectivity index (χ1) is 14.2. The van der Waals surface area contributed by atoms with Crippen LogP contribution in [0.1, 0.15) is 11.5 Å². The first-order valence-electron chi connectivity index (χ1n) is 8.93. The van der Waals surface area contributed by atoms with Crippen molar-refractivity contribution in [1.29, 1.82) is 0 Å². The maximum absolute atomic E-state index is 12.2. The minimum absolute atomic E-state index is 0.120. The summed E-state index contributed by atoms with van der Waals surface area (Å²) in [6.07, 6.45) is 3.33. The minimum Gasteiger partial charge on any atom is -0.494 e. The van der Waals surface area contributed by atoms with Gasteiger partial charge in [0, 0.05) is 5.39 Å². The monoisotopic (exact) mass is 409 g/mol. The van der Waals surface area contributed by atoms with Gasteiger partial charge in [-0.1, -0.05) is 23.9 Å². The molecule has 0 aliphatic heterocycles. The van der Waals surface area contributed by atoms with E-state index in [-0.39, 0.29) is 11.7 Å². The Morgan fingerprint density at radius 3 is 2.90 bits per heavy atom. The maximum atomic E-state index is 12.2. The number of para-hydroxylation sites is 2. The zero-order chi connectivity index (χ0) is 20.2. The van der Waals surface area contributed by atoms with Crippen molar-refractivity contribution in [1.82, 2.24) is 25.3 Å². The quantitative estimate of drug-likeness (QED) is 0.469. The Labute approximate surface area is 171 Å². The molecule has 0 radical (unpaired) electrons. The predicted octanol–water partition coefficient (Wildman–Crippen LogP) is 3.13. The van der Waals surface area contributed by atoms with E-state index < -0.39 is 0 Å². The number of aromatic nitrogens is 4. The first-order valence-corrected chi connectivity index (χ1v) is 9.92. The van der Waals surface area contributed by atoms with E-state index in [2.05, 4.69) is 20.6 Å². The van der Waals surface area contributed by atoms with Gasteiger partial charge in [-0.15, -0.1) is 5.10 Å². The normalized spacial score (nSPS) is 11.0. The van der Waals surface area contributed by atoms with Gasteiger partial charge in [-0.25, -0.2) is 4.68 Å². The molecule has 1 aromatic carbocycles. The zero-order valence-corrected chi connectivity index (χ0v) is 16.8. The molecule has 0 bridgehead atoms. The number of thioether (sulfide) groups is 1. The van der Waals surface area contributed by atoms with Crippen molar-refractivity contribution in [3.63, 3.8) is 0 Å². The van der Waals surface area contributed by atoms with Crippen LogP contribution in [0.3, 0.4) is 0 Å². The molecule has 0 fully saturated rings. The summed E-state index contributed by atoms with van der Waals surface area (Å²) in [5, 5.41) is 17.4. The predicted molar refractivity (Wildman–Crippen MR) is 109 cm³/mol. The molecule has 1 N–H and O–H groups in total. The number of carbonyl (C=O) groups excluding carboxylic acids is 1. The number of hydrogen-bond acceptors (Lipinski definition) is 7. The van der Waals surface area contributed by atoms with E-state index in [4.69, 9.17) is 9.15 Å². The molecular weight excluding hydrogens is 390 g/mol. The third-order valence-electron chi connectivity index (χ3n) is 4.35. The molecular formula is C20H19N5O3S. The fourth-order valence-electron chi connectivity index (χ4n) is 2.91. The lowest BCUT2D eigenvalue weighted by Crippen LogP contribution is -2.24. The van der Waals surface area contributed by atoms with E-state index in [1.165, 1.54) is 11.8 Å². The fourth-order valence-corrected chi connectivity index (χ4v) is 3.71. The maximum Gasteiger partial charge on any atom is 0.230 e. The van der Waals surface area contributed by atoms with Gasteiger partial charge in [0.25, 0.3) is 0 Å². The van der Waals surface area contributed by atoms with Crippen molar-refractivity contribution in [3.05, 3.63) is 60.3 Å². The van der Waals surface area contributed by atoms with E-state index in [1.54, 1.807) is 30.3 Å². The summed E-state index contributed by atoms with van der Waals surface area (Å²) in [4.78, 5) is 12.2. The molecule has 4 rings (SSSR count). The number of nitrogens with one attached hydrogen (secondary N) is 1. The van der Waals surface area contributed by atoms with Crippen LogP contribution in [-0.2, 0) is 11.3 Å². The standard InChI is InChI=1S/C20H19N5O3S/c1-13-15-11-22-25(16-7-3-4-8-17(16)27-2)19(15)20(24-23-13)29-12-18(26)21-10-14-6-5-9-28-14/h3-9,11H,10,12H2,1-2H3,(H,21,26). The van der Waals surface area contributed by atoms with Crippen molar-refractivity contribution < 1.29 is 13.9 Å². The highest BCUT2D eigenvalue weighted by atomic mass is 32.2. The second-order valence-electron chi connectivity index (χ2n) is 6.23. The lowest BCUT2D eigenvalue weighted by Gasteiger charge is -2.11. The molecule has 3 heterocycles. The molecule has 0 saturated heterocycles. The highest BCUT2D eigenvalue weighted by Gasteiger charge is 2.18. The van der Waals surface area contributed by atoms with E-state index in [1.807, 2.05) is 37.3 Å². The number of benzene rings is 1. The van der Waals surface area contributed by atoms with Gasteiger partial charge < -0.3 is 14.5 Å². The van der Waals surface area contributed by atoms with Crippen molar-refractivity contribution in [3.8, 4) is 11.4 Å². The Balaban J connectivity index is 1.60. The molecule has 148 valence electrons. The molecule has 0 aliphatic rings. The summed E-state index contributed by atoms with van der Waals surface area (Å²) in [5.41, 5.74) is 2.36. The van der Waals surface area contributed by atoms with Gasteiger partial charge in [0.1, 0.15) is 27.7 Å². The van der Waals surface area contributed by atoms with Crippen LogP contribution in [0.4, 0.5) is 0 Å². The summed E-state index contributed by atoms with van der Waals surface area (Å²) in [7, 11) is 1.62. The van der Waals surface area contributed by atoms with Crippen LogP contribution in [0.15, 0.2) is 58.3 Å². The number of hydrogen-bond donors (Lipinski definition) is 1. The molecule has 0 aliphatic carbocycles. The van der Waals surface area contributed by atoms with Gasteiger partial charge in [-0.05, 0) is 31.2 Å². The molecule has 9 heteroatoms. The number of fused-ring (bicyclic) bond motifs is 1. The van der Waals surface area contributed by atoms with E-state index in [9.17, 15) is 4.79 Å². The van der Waals surface area contributed by atoms with Crippen molar-refractivity contribution in [2.45, 2.75) is 18.5 Å². The van der Waals surface area contributed by atoms with Gasteiger partial charge in [0.15, 0.2) is 0 Å². The highest BCUT2D eigenvalue weighted by Crippen LogP contribution is 2.31. The minimum atomic E-state index is -0.120. The third-order valence-corrected chi connectivity index (χ3v) is 5.30. The van der Waals surface area contributed by atoms with Crippen LogP contribution in [0, 0.1) is 6.92 Å². The Hall–Kier alpha value is -3.33. The summed E-state index contributed by atoms with van der Waals surface area (Å²) in [6.45, 7) is 2.23. The Kier molecular flexibility index (Phi) is 5.48. The molecule has 3 aromatic heterocycles. The Bertz CT molecular complexity index is 1140. The SMILES string of the molecule is COc1ccccc1-n1ncc2c(C)nnc(SCC(=O)NCc3ccco3)c21. The fraction of sp³-hybridized carbons (Fsp3) is 0.200. The average Bonchev–Trinajstić information content (AvgIpc) is 3.42. The van der Waals surface area contributed by atoms with Gasteiger partial charge in [0.05, 0.1) is 37.6 Å². The molecule has 29 heavy (non-hydrogen) atoms. The Morgan fingerprint density at radius 2 is 2.10 bits per heavy atom. The number of aryl methyl sites for hydroxylation is 1. The number of carbonyl (C=O) groups is 1. The van der Waals surface area contributed by atoms with Crippen molar-refractivity contribution in [2.24, 2.45) is 0 Å². The summed E-state index contributed by atoms with van der Waals surface area (Å²) < 4.78 is 12.5. The number of ether oxygens (including phenoxy) is 1. The lowest BCUT2D eigenvalue weighted by molar-refractivity contribution is -0.118. The Morgan fingerprint density at radius 1 is 1.24 bits per heavy atom. The molecule has 0 atom stereocenters. The second-order valence-corrected chi connectivity index (χ2v) is 7.19. The number of amides is 1. The summed E-state index contributed by atoms with van der Waals surface area (Å²) in [6, 6.07) is 11.2. The topological polar surface area (TPSA) is 95.1 Å². The van der Waals surface area contributed by atoms with Crippen LogP contribution in [0.5, 0.6) is 5.75 Å². The summed E-state index contributed by atoms with van der Waals surface area (Å²) in [5.74, 6) is 1.48. The van der Waals surface area contributed by atoms with Crippen LogP contribution >= 0.6 is 11.8 Å². The largest absolute Gasteiger partial charge is 0.494 e. The number of rotatable bonds is 7. The summed E-state index contributed by atoms with van der Waals surface area (Å²) >= 11 is 1.31. The smallest absolute Gasteiger partial charge is 0.230 e. The van der Waals surface area contributed by atoms with Crippen LogP contribution < -0.4 is 10.1 Å². The van der Waals surface area contributed by atoms with Crippen molar-refractivity contribution >= 4 is 28.6 Å². The molecule has 0 unspecified atom stereocenters. The first kappa shape index (κ1) is 19.0. The van der Waals surface area contributed by atoms with Gasteiger partial charge >= 0.3 is 0 Å². The third kappa shape index (κ3) is 3.95. The average molecular weight is 409 g/mol. The number of furan rings is 1. The number of nitrogens with zero attached hydrogens (tertiary/aromatic N) is 4. The van der Waals surface area contributed by atoms with Crippen LogP contribution in [0.2, 0.25) is 0 Å². The van der Waals surface area contributed by atoms with Crippen LogP contribution in [-0.4, -0.2) is 38.7 Å². The van der Waals surface area contributed by atoms with Gasteiger partial charge in [-0.3, -0.25) is 4.79 Å². The molecule has 0 spiro atoms. The molecule has 4 aromatic rings. The van der Waals surface area contributed by atoms with Gasteiger partial charge in [-0.2, -0.15) is 10.2 Å². The van der Waals surface area contributed by atoms with Crippen LogP contribution in [0.25, 0.3) is 16.6 Å². The van der Waals surface area contributed by atoms with E-state index in [0.29, 0.717) is 23.1 Å². The second kappa shape index (κ2) is 8.36.